The Morgan fingerprint density at radius 1 is 0.537 bits per heavy atom. The smallest absolute Gasteiger partial charge is 0.343 e. The van der Waals surface area contributed by atoms with E-state index in [0.29, 0.717) is 11.3 Å². The van der Waals surface area contributed by atoms with Gasteiger partial charge in [-0.3, -0.25) is 0 Å². The molecular weight excluding hydrogens is 667 g/mol. The molecule has 0 amide bonds. The Hall–Kier alpha value is -3.15. The summed E-state index contributed by atoms with van der Waals surface area (Å²) in [5, 5.41) is 15.3. The molecule has 4 rings (SSSR count). The molecule has 1 aliphatic rings. The van der Waals surface area contributed by atoms with Crippen molar-refractivity contribution in [3.8, 4) is 11.5 Å². The molecule has 0 N–H and O–H groups in total. The van der Waals surface area contributed by atoms with Crippen LogP contribution in [0.4, 0.5) is 0 Å². The van der Waals surface area contributed by atoms with Gasteiger partial charge in [-0.25, -0.2) is 4.79 Å². The van der Waals surface area contributed by atoms with Crippen molar-refractivity contribution < 1.29 is 19.5 Å². The average molecular weight is 739 g/mol. The summed E-state index contributed by atoms with van der Waals surface area (Å²) in [5.74, 6) is 1.02. The molecule has 1 aliphatic heterocycles. The third-order valence-electron chi connectivity index (χ3n) is 11.9. The minimum absolute atomic E-state index is 0.389. The van der Waals surface area contributed by atoms with Crippen LogP contribution < -0.4 is 9.47 Å². The number of rotatable bonds is 27. The lowest BCUT2D eigenvalue weighted by molar-refractivity contribution is -0.260. The SMILES string of the molecule is CCCCCCCCCCCCOc1ccc([C@]2(C)CC[C@@](C)(c3ccc(C(=O)Oc4ccc(CCCCCCCCCCCC)cc4)cc3)N2[O])cc1. The average Bonchev–Trinajstić information content (AvgIpc) is 3.44. The summed E-state index contributed by atoms with van der Waals surface area (Å²) in [4.78, 5) is 13.0. The number of hydrogen-bond donors (Lipinski definition) is 0. The summed E-state index contributed by atoms with van der Waals surface area (Å²) in [6, 6.07) is 23.4. The van der Waals surface area contributed by atoms with Gasteiger partial charge in [-0.2, -0.15) is 0 Å². The summed E-state index contributed by atoms with van der Waals surface area (Å²) >= 11 is 0. The van der Waals surface area contributed by atoms with Crippen LogP contribution in [0.25, 0.3) is 0 Å². The first-order valence-corrected chi connectivity index (χ1v) is 21.9. The molecule has 0 aromatic heterocycles. The fourth-order valence-corrected chi connectivity index (χ4v) is 8.12. The number of carbonyl (C=O) groups is 1. The maximum absolute atomic E-state index is 14.1. The Kier molecular flexibility index (Phi) is 19.1. The van der Waals surface area contributed by atoms with Gasteiger partial charge in [0.1, 0.15) is 11.5 Å². The van der Waals surface area contributed by atoms with Crippen LogP contribution in [0.1, 0.15) is 196 Å². The molecule has 3 aromatic carbocycles. The summed E-state index contributed by atoms with van der Waals surface area (Å²) in [6.07, 6.45) is 29.0. The molecular formula is C49H72NO4. The van der Waals surface area contributed by atoms with Crippen molar-refractivity contribution in [3.05, 3.63) is 95.1 Å². The van der Waals surface area contributed by atoms with Gasteiger partial charge in [0.15, 0.2) is 0 Å². The van der Waals surface area contributed by atoms with Gasteiger partial charge in [0.2, 0.25) is 0 Å². The molecule has 5 nitrogen and oxygen atoms in total. The third-order valence-corrected chi connectivity index (χ3v) is 11.9. The van der Waals surface area contributed by atoms with Gasteiger partial charge >= 0.3 is 5.97 Å². The molecule has 0 unspecified atom stereocenters. The third kappa shape index (κ3) is 13.6. The molecule has 1 radical (unpaired) electrons. The van der Waals surface area contributed by atoms with E-state index >= 15 is 0 Å². The van der Waals surface area contributed by atoms with Gasteiger partial charge in [-0.05, 0) is 99.0 Å². The Labute approximate surface area is 329 Å². The second-order valence-electron chi connectivity index (χ2n) is 16.4. The Balaban J connectivity index is 1.17. The molecule has 54 heavy (non-hydrogen) atoms. The minimum atomic E-state index is -0.702. The predicted molar refractivity (Wildman–Crippen MR) is 224 cm³/mol. The van der Waals surface area contributed by atoms with Crippen molar-refractivity contribution in [2.75, 3.05) is 6.61 Å². The van der Waals surface area contributed by atoms with Gasteiger partial charge in [-0.1, -0.05) is 166 Å². The Bertz CT molecular complexity index is 1450. The largest absolute Gasteiger partial charge is 0.494 e. The van der Waals surface area contributed by atoms with E-state index in [1.807, 2.05) is 62.4 Å². The number of carbonyl (C=O) groups excluding carboxylic acids is 1. The zero-order valence-electron chi connectivity index (χ0n) is 34.5. The van der Waals surface area contributed by atoms with E-state index in [1.165, 1.54) is 133 Å². The fourth-order valence-electron chi connectivity index (χ4n) is 8.12. The molecule has 2 atom stereocenters. The van der Waals surface area contributed by atoms with E-state index in [0.717, 1.165) is 49.2 Å². The van der Waals surface area contributed by atoms with Crippen LogP contribution in [-0.2, 0) is 22.7 Å². The van der Waals surface area contributed by atoms with Crippen molar-refractivity contribution in [3.63, 3.8) is 0 Å². The van der Waals surface area contributed by atoms with E-state index < -0.39 is 11.1 Å². The summed E-state index contributed by atoms with van der Waals surface area (Å²) < 4.78 is 11.8. The number of nitrogens with zero attached hydrogens (tertiary/aromatic N) is 1. The molecule has 0 aliphatic carbocycles. The second kappa shape index (κ2) is 23.7. The highest BCUT2D eigenvalue weighted by atomic mass is 16.5. The van der Waals surface area contributed by atoms with Gasteiger partial charge in [0, 0.05) is 0 Å². The number of ether oxygens (including phenoxy) is 2. The number of hydroxylamine groups is 2. The first-order valence-electron chi connectivity index (χ1n) is 21.9. The number of esters is 1. The second-order valence-corrected chi connectivity index (χ2v) is 16.4. The number of hydrogen-bond acceptors (Lipinski definition) is 4. The van der Waals surface area contributed by atoms with Crippen LogP contribution >= 0.6 is 0 Å². The molecule has 0 saturated carbocycles. The van der Waals surface area contributed by atoms with Crippen molar-refractivity contribution in [2.24, 2.45) is 0 Å². The molecule has 297 valence electrons. The van der Waals surface area contributed by atoms with E-state index in [4.69, 9.17) is 9.47 Å². The lowest BCUT2D eigenvalue weighted by Crippen LogP contribution is -2.44. The maximum Gasteiger partial charge on any atom is 0.343 e. The molecule has 3 aromatic rings. The van der Waals surface area contributed by atoms with Gasteiger partial charge in [0.05, 0.1) is 23.2 Å². The van der Waals surface area contributed by atoms with Crippen LogP contribution in [0, 0.1) is 0 Å². The van der Waals surface area contributed by atoms with Gasteiger partial charge in [0.25, 0.3) is 0 Å². The highest BCUT2D eigenvalue weighted by Crippen LogP contribution is 2.51. The molecule has 1 fully saturated rings. The van der Waals surface area contributed by atoms with Crippen LogP contribution in [0.15, 0.2) is 72.8 Å². The van der Waals surface area contributed by atoms with E-state index in [-0.39, 0.29) is 5.97 Å². The first kappa shape index (κ1) is 43.6. The predicted octanol–water partition coefficient (Wildman–Crippen LogP) is 14.2. The maximum atomic E-state index is 14.1. The molecule has 5 heteroatoms. The van der Waals surface area contributed by atoms with Crippen molar-refractivity contribution in [1.82, 2.24) is 5.06 Å². The molecule has 0 spiro atoms. The first-order chi connectivity index (χ1) is 26.3. The standard InChI is InChI=1S/C49H72NO4/c1-5-7-9-11-13-15-17-19-21-23-25-41-26-34-46(35-27-41)54-47(51)42-28-30-43(31-29-42)48(3)38-39-49(4,50(48)52)44-32-36-45(37-33-44)53-40-24-22-20-18-16-14-12-10-8-6-2/h26-37H,5-25,38-40H2,1-4H3/t48-,49-/m0/s1. The molecule has 0 bridgehead atoms. The van der Waals surface area contributed by atoms with Crippen LogP contribution in [0.5, 0.6) is 11.5 Å². The normalized spacial score (nSPS) is 18.6. The Morgan fingerprint density at radius 3 is 1.43 bits per heavy atom. The highest BCUT2D eigenvalue weighted by molar-refractivity contribution is 5.91. The lowest BCUT2D eigenvalue weighted by atomic mass is 9.89. The monoisotopic (exact) mass is 739 g/mol. The zero-order chi connectivity index (χ0) is 38.5. The van der Waals surface area contributed by atoms with Crippen molar-refractivity contribution in [2.45, 2.75) is 186 Å². The van der Waals surface area contributed by atoms with E-state index in [1.54, 1.807) is 12.1 Å². The highest BCUT2D eigenvalue weighted by Gasteiger charge is 2.52. The van der Waals surface area contributed by atoms with Crippen LogP contribution in [0.2, 0.25) is 0 Å². The van der Waals surface area contributed by atoms with E-state index in [2.05, 4.69) is 26.0 Å². The quantitative estimate of drug-likeness (QED) is 0.0444. The van der Waals surface area contributed by atoms with Crippen molar-refractivity contribution in [1.29, 1.82) is 0 Å². The molecule has 1 heterocycles. The van der Waals surface area contributed by atoms with Crippen molar-refractivity contribution >= 4 is 5.97 Å². The Morgan fingerprint density at radius 2 is 0.944 bits per heavy atom. The number of unbranched alkanes of at least 4 members (excludes halogenated alkanes) is 18. The summed E-state index contributed by atoms with van der Waals surface area (Å²) in [7, 11) is 0. The van der Waals surface area contributed by atoms with Crippen LogP contribution in [0.3, 0.4) is 0 Å². The number of benzene rings is 3. The molecule has 1 saturated heterocycles. The summed E-state index contributed by atoms with van der Waals surface area (Å²) in [6.45, 7) is 9.32. The summed E-state index contributed by atoms with van der Waals surface area (Å²) in [5.41, 5.74) is 2.31. The van der Waals surface area contributed by atoms with E-state index in [9.17, 15) is 10.0 Å². The topological polar surface area (TPSA) is 58.7 Å². The van der Waals surface area contributed by atoms with Gasteiger partial charge < -0.3 is 9.47 Å². The number of aryl methyl sites for hydroxylation is 1. The minimum Gasteiger partial charge on any atom is -0.494 e. The zero-order valence-corrected chi connectivity index (χ0v) is 34.5. The van der Waals surface area contributed by atoms with Gasteiger partial charge in [-0.15, -0.1) is 10.3 Å². The van der Waals surface area contributed by atoms with Crippen LogP contribution in [-0.4, -0.2) is 17.6 Å². The lowest BCUT2D eigenvalue weighted by Gasteiger charge is -2.37. The fraction of sp³-hybridized carbons (Fsp3) is 0.612.